The van der Waals surface area contributed by atoms with Gasteiger partial charge in [0, 0.05) is 50.6 Å². The number of rotatable bonds is 2. The molecule has 4 rings (SSSR count). The fourth-order valence-corrected chi connectivity index (χ4v) is 4.06. The molecule has 4 nitrogen and oxygen atoms in total. The molecule has 4 heteroatoms. The molecule has 4 saturated heterocycles. The van der Waals surface area contributed by atoms with Crippen molar-refractivity contribution in [3.63, 3.8) is 0 Å². The first-order valence-corrected chi connectivity index (χ1v) is 6.44. The summed E-state index contributed by atoms with van der Waals surface area (Å²) in [5.41, 5.74) is 1.25. The number of piperidine rings is 2. The van der Waals surface area contributed by atoms with Gasteiger partial charge in [-0.25, -0.2) is 0 Å². The Kier molecular flexibility index (Phi) is 2.44. The summed E-state index contributed by atoms with van der Waals surface area (Å²) in [6, 6.07) is 0. The summed E-state index contributed by atoms with van der Waals surface area (Å²) < 4.78 is 0. The lowest BCUT2D eigenvalue weighted by molar-refractivity contribution is 0.103. The lowest BCUT2D eigenvalue weighted by atomic mass is 9.68. The molecular formula is C12H21N3O. The minimum atomic E-state index is 0.154. The lowest BCUT2D eigenvalue weighted by Gasteiger charge is -2.50. The van der Waals surface area contributed by atoms with Crippen LogP contribution in [0, 0.1) is 11.3 Å². The second-order valence-electron chi connectivity index (χ2n) is 5.68. The van der Waals surface area contributed by atoms with Crippen molar-refractivity contribution < 1.29 is 5.21 Å². The van der Waals surface area contributed by atoms with E-state index in [2.05, 4.69) is 21.9 Å². The normalized spacial score (nSPS) is 48.6. The van der Waals surface area contributed by atoms with Crippen molar-refractivity contribution in [2.75, 3.05) is 39.3 Å². The zero-order valence-electron chi connectivity index (χ0n) is 10.0. The van der Waals surface area contributed by atoms with Gasteiger partial charge in [0.2, 0.25) is 0 Å². The highest BCUT2D eigenvalue weighted by Gasteiger charge is 2.51. The molecule has 2 atom stereocenters. The van der Waals surface area contributed by atoms with Crippen LogP contribution in [0.3, 0.4) is 0 Å². The minimum Gasteiger partial charge on any atom is -0.411 e. The Hall–Kier alpha value is -0.610. The fraction of sp³-hybridized carbons (Fsp3) is 0.917. The molecule has 4 aliphatic rings. The third-order valence-corrected chi connectivity index (χ3v) is 4.51. The highest BCUT2D eigenvalue weighted by Crippen LogP contribution is 2.41. The SMILES string of the molecule is CCCC12CN3CCN(CC(C3)/C1=N/O)C2. The summed E-state index contributed by atoms with van der Waals surface area (Å²) in [6.07, 6.45) is 2.34. The third-order valence-electron chi connectivity index (χ3n) is 4.51. The van der Waals surface area contributed by atoms with Crippen molar-refractivity contribution in [1.82, 2.24) is 9.80 Å². The average molecular weight is 223 g/mol. The third kappa shape index (κ3) is 1.39. The summed E-state index contributed by atoms with van der Waals surface area (Å²) >= 11 is 0. The topological polar surface area (TPSA) is 39.1 Å². The first-order valence-electron chi connectivity index (χ1n) is 6.44. The zero-order chi connectivity index (χ0) is 11.2. The monoisotopic (exact) mass is 223 g/mol. The van der Waals surface area contributed by atoms with Gasteiger partial charge in [-0.15, -0.1) is 0 Å². The number of oxime groups is 1. The van der Waals surface area contributed by atoms with E-state index in [0.717, 1.165) is 38.3 Å². The smallest absolute Gasteiger partial charge is 0.0714 e. The van der Waals surface area contributed by atoms with Gasteiger partial charge in [0.1, 0.15) is 0 Å². The Morgan fingerprint density at radius 3 is 2.44 bits per heavy atom. The molecule has 2 unspecified atom stereocenters. The zero-order valence-corrected chi connectivity index (χ0v) is 10.0. The van der Waals surface area contributed by atoms with E-state index < -0.39 is 0 Å². The molecule has 0 aromatic heterocycles. The van der Waals surface area contributed by atoms with Gasteiger partial charge in [-0.05, 0) is 6.42 Å². The summed E-state index contributed by atoms with van der Waals surface area (Å²) in [7, 11) is 0. The van der Waals surface area contributed by atoms with Crippen LogP contribution in [-0.2, 0) is 0 Å². The number of hydrogen-bond donors (Lipinski definition) is 1. The molecule has 4 heterocycles. The summed E-state index contributed by atoms with van der Waals surface area (Å²) in [5.74, 6) is 0.474. The highest BCUT2D eigenvalue weighted by molar-refractivity contribution is 5.94. The fourth-order valence-electron chi connectivity index (χ4n) is 4.06. The van der Waals surface area contributed by atoms with Gasteiger partial charge in [-0.2, -0.15) is 0 Å². The van der Waals surface area contributed by atoms with Gasteiger partial charge in [0.25, 0.3) is 0 Å². The molecule has 1 N–H and O–H groups in total. The second kappa shape index (κ2) is 3.70. The van der Waals surface area contributed by atoms with E-state index in [4.69, 9.17) is 0 Å². The van der Waals surface area contributed by atoms with Crippen LogP contribution < -0.4 is 0 Å². The van der Waals surface area contributed by atoms with Crippen molar-refractivity contribution >= 4 is 5.71 Å². The molecule has 4 fully saturated rings. The maximum Gasteiger partial charge on any atom is 0.0714 e. The van der Waals surface area contributed by atoms with Crippen LogP contribution >= 0.6 is 0 Å². The number of hydrogen-bond acceptors (Lipinski definition) is 4. The maximum absolute atomic E-state index is 9.33. The van der Waals surface area contributed by atoms with Crippen LogP contribution in [0.25, 0.3) is 0 Å². The molecule has 0 spiro atoms. The van der Waals surface area contributed by atoms with Crippen molar-refractivity contribution in [2.45, 2.75) is 19.8 Å². The first-order chi connectivity index (χ1) is 7.77. The second-order valence-corrected chi connectivity index (χ2v) is 5.68. The lowest BCUT2D eigenvalue weighted by Crippen LogP contribution is -2.61. The van der Waals surface area contributed by atoms with Crippen LogP contribution in [0.1, 0.15) is 19.8 Å². The van der Waals surface area contributed by atoms with Crippen molar-refractivity contribution in [3.05, 3.63) is 0 Å². The van der Waals surface area contributed by atoms with E-state index in [1.54, 1.807) is 0 Å². The average Bonchev–Trinajstić information content (AvgIpc) is 2.47. The van der Waals surface area contributed by atoms with E-state index in [-0.39, 0.29) is 5.41 Å². The predicted molar refractivity (Wildman–Crippen MR) is 62.9 cm³/mol. The van der Waals surface area contributed by atoms with Gasteiger partial charge < -0.3 is 15.0 Å². The minimum absolute atomic E-state index is 0.154. The predicted octanol–water partition coefficient (Wildman–Crippen LogP) is 0.864. The van der Waals surface area contributed by atoms with Crippen LogP contribution in [0.5, 0.6) is 0 Å². The maximum atomic E-state index is 9.33. The van der Waals surface area contributed by atoms with E-state index in [1.165, 1.54) is 19.5 Å². The largest absolute Gasteiger partial charge is 0.411 e. The first kappa shape index (κ1) is 10.5. The van der Waals surface area contributed by atoms with Crippen LogP contribution in [0.2, 0.25) is 0 Å². The Morgan fingerprint density at radius 1 is 1.31 bits per heavy atom. The van der Waals surface area contributed by atoms with Crippen LogP contribution in [0.15, 0.2) is 5.16 Å². The van der Waals surface area contributed by atoms with Crippen LogP contribution in [-0.4, -0.2) is 60.0 Å². The Morgan fingerprint density at radius 2 is 1.94 bits per heavy atom. The molecule has 4 aliphatic heterocycles. The van der Waals surface area contributed by atoms with E-state index >= 15 is 0 Å². The molecule has 0 radical (unpaired) electrons. The standard InChI is InChI=1S/C12H21N3O/c1-2-3-12-8-14-4-5-15(9-12)7-10(6-14)11(12)13-16/h10,16H,2-9H2,1H3/b13-11-. The van der Waals surface area contributed by atoms with E-state index in [1.807, 2.05) is 0 Å². The van der Waals surface area contributed by atoms with Crippen LogP contribution in [0.4, 0.5) is 0 Å². The molecule has 16 heavy (non-hydrogen) atoms. The quantitative estimate of drug-likeness (QED) is 0.557. The van der Waals surface area contributed by atoms with Gasteiger partial charge >= 0.3 is 0 Å². The summed E-state index contributed by atoms with van der Waals surface area (Å²) in [4.78, 5) is 5.14. The summed E-state index contributed by atoms with van der Waals surface area (Å²) in [6.45, 7) is 9.03. The van der Waals surface area contributed by atoms with E-state index in [0.29, 0.717) is 5.92 Å². The molecule has 0 amide bonds. The molecule has 0 aliphatic carbocycles. The van der Waals surface area contributed by atoms with Crippen molar-refractivity contribution in [1.29, 1.82) is 0 Å². The number of fused-ring (bicyclic) bond motifs is 1. The van der Waals surface area contributed by atoms with Crippen molar-refractivity contribution in [2.24, 2.45) is 16.5 Å². The Balaban J connectivity index is 1.99. The molecule has 0 saturated carbocycles. The molecule has 0 aromatic carbocycles. The van der Waals surface area contributed by atoms with Gasteiger partial charge in [0.05, 0.1) is 5.71 Å². The molecule has 90 valence electrons. The number of nitrogens with zero attached hydrogens (tertiary/aromatic N) is 3. The molecule has 4 bridgehead atoms. The molecular weight excluding hydrogens is 202 g/mol. The van der Waals surface area contributed by atoms with Crippen molar-refractivity contribution in [3.8, 4) is 0 Å². The summed E-state index contributed by atoms with van der Waals surface area (Å²) in [5, 5.41) is 13.0. The van der Waals surface area contributed by atoms with Gasteiger partial charge in [-0.1, -0.05) is 18.5 Å². The van der Waals surface area contributed by atoms with Gasteiger partial charge in [0.15, 0.2) is 0 Å². The van der Waals surface area contributed by atoms with Gasteiger partial charge in [-0.3, -0.25) is 0 Å². The Labute approximate surface area is 96.9 Å². The van der Waals surface area contributed by atoms with E-state index in [9.17, 15) is 5.21 Å². The molecule has 0 aromatic rings. The highest BCUT2D eigenvalue weighted by atomic mass is 16.4. The Bertz CT molecular complexity index is 299.